The van der Waals surface area contributed by atoms with Gasteiger partial charge in [0, 0.05) is 6.61 Å². The second kappa shape index (κ2) is 5.61. The molecule has 12 heavy (non-hydrogen) atoms. The van der Waals surface area contributed by atoms with Crippen LogP contribution in [0.2, 0.25) is 0 Å². The smallest absolute Gasteiger partial charge is 0.379 e. The molecular formula is C6H10ClF3O2. The average Bonchev–Trinajstić information content (AvgIpc) is 1.98. The van der Waals surface area contributed by atoms with E-state index in [1.807, 2.05) is 0 Å². The van der Waals surface area contributed by atoms with Gasteiger partial charge in [-0.05, 0) is 6.92 Å². The molecule has 0 spiro atoms. The number of rotatable bonds is 6. The van der Waals surface area contributed by atoms with Crippen LogP contribution in [0.25, 0.3) is 0 Å². The molecule has 0 aromatic heterocycles. The van der Waals surface area contributed by atoms with E-state index in [1.165, 1.54) is 0 Å². The van der Waals surface area contributed by atoms with E-state index >= 15 is 0 Å². The van der Waals surface area contributed by atoms with Gasteiger partial charge in [-0.1, -0.05) is 11.6 Å². The summed E-state index contributed by atoms with van der Waals surface area (Å²) in [6, 6.07) is 0. The van der Waals surface area contributed by atoms with E-state index in [2.05, 4.69) is 21.1 Å². The zero-order valence-corrected chi connectivity index (χ0v) is 7.28. The van der Waals surface area contributed by atoms with Gasteiger partial charge in [0.05, 0.1) is 13.2 Å². The molecule has 1 atom stereocenters. The number of alkyl halides is 4. The minimum absolute atomic E-state index is 0.00427. The van der Waals surface area contributed by atoms with E-state index < -0.39 is 11.7 Å². The highest BCUT2D eigenvalue weighted by molar-refractivity contribution is 6.20. The summed E-state index contributed by atoms with van der Waals surface area (Å²) in [5, 5.41) is 0. The van der Waals surface area contributed by atoms with Crippen molar-refractivity contribution in [2.75, 3.05) is 19.8 Å². The third-order valence-electron chi connectivity index (χ3n) is 0.980. The topological polar surface area (TPSA) is 18.5 Å². The van der Waals surface area contributed by atoms with E-state index in [0.29, 0.717) is 6.61 Å². The van der Waals surface area contributed by atoms with Crippen LogP contribution >= 0.6 is 11.6 Å². The summed E-state index contributed by atoms with van der Waals surface area (Å²) < 4.78 is 44.7. The molecule has 0 aliphatic rings. The first-order valence-electron chi connectivity index (χ1n) is 3.38. The Morgan fingerprint density at radius 3 is 2.42 bits per heavy atom. The van der Waals surface area contributed by atoms with Gasteiger partial charge in [0.25, 0.3) is 5.63 Å². The maximum Gasteiger partial charge on any atom is 0.401 e. The van der Waals surface area contributed by atoms with Gasteiger partial charge in [-0.15, -0.1) is 0 Å². The Morgan fingerprint density at radius 2 is 2.00 bits per heavy atom. The van der Waals surface area contributed by atoms with Crippen LogP contribution in [0.5, 0.6) is 0 Å². The van der Waals surface area contributed by atoms with E-state index in [9.17, 15) is 13.2 Å². The van der Waals surface area contributed by atoms with Gasteiger partial charge in [-0.25, -0.2) is 4.39 Å². The maximum absolute atomic E-state index is 12.2. The highest BCUT2D eigenvalue weighted by Crippen LogP contribution is 2.25. The van der Waals surface area contributed by atoms with Crippen molar-refractivity contribution in [2.45, 2.75) is 18.7 Å². The van der Waals surface area contributed by atoms with Crippen LogP contribution in [-0.4, -0.2) is 31.6 Å². The van der Waals surface area contributed by atoms with Crippen molar-refractivity contribution in [2.24, 2.45) is 0 Å². The van der Waals surface area contributed by atoms with E-state index in [4.69, 9.17) is 0 Å². The third-order valence-corrected chi connectivity index (χ3v) is 1.23. The molecule has 6 heteroatoms. The molecule has 0 saturated heterocycles. The van der Waals surface area contributed by atoms with Crippen molar-refractivity contribution in [1.82, 2.24) is 0 Å². The Hall–Kier alpha value is -0.0000000000000000555. The molecule has 2 nitrogen and oxygen atoms in total. The number of halogens is 4. The summed E-state index contributed by atoms with van der Waals surface area (Å²) in [5.41, 5.74) is -2.82. The summed E-state index contributed by atoms with van der Waals surface area (Å²) in [6.07, 6.45) is -3.93. The molecule has 0 fully saturated rings. The van der Waals surface area contributed by atoms with Gasteiger partial charge >= 0.3 is 6.11 Å². The van der Waals surface area contributed by atoms with Gasteiger partial charge in [-0.2, -0.15) is 8.78 Å². The molecule has 74 valence electrons. The van der Waals surface area contributed by atoms with Crippen molar-refractivity contribution in [1.29, 1.82) is 0 Å². The van der Waals surface area contributed by atoms with E-state index in [-0.39, 0.29) is 13.2 Å². The molecule has 0 radical (unpaired) electrons. The molecule has 0 aliphatic carbocycles. The van der Waals surface area contributed by atoms with Crippen molar-refractivity contribution >= 4 is 11.6 Å². The molecule has 1 unspecified atom stereocenters. The minimum atomic E-state index is -3.93. The van der Waals surface area contributed by atoms with Crippen LogP contribution in [0.4, 0.5) is 13.2 Å². The maximum atomic E-state index is 12.2. The Bertz CT molecular complexity index is 121. The van der Waals surface area contributed by atoms with Crippen LogP contribution in [0.3, 0.4) is 0 Å². The SMILES string of the molecule is CCOCCOC(F)(F)C(F)Cl. The fraction of sp³-hybridized carbons (Fsp3) is 1.00. The molecule has 0 bridgehead atoms. The quantitative estimate of drug-likeness (QED) is 0.490. The summed E-state index contributed by atoms with van der Waals surface area (Å²) in [4.78, 5) is 0. The summed E-state index contributed by atoms with van der Waals surface area (Å²) in [7, 11) is 0. The molecule has 0 N–H and O–H groups in total. The minimum Gasteiger partial charge on any atom is -0.379 e. The summed E-state index contributed by atoms with van der Waals surface area (Å²) in [6.45, 7) is 1.72. The van der Waals surface area contributed by atoms with Crippen LogP contribution in [-0.2, 0) is 9.47 Å². The lowest BCUT2D eigenvalue weighted by atomic mass is 10.6. The predicted octanol–water partition coefficient (Wildman–Crippen LogP) is 2.17. The summed E-state index contributed by atoms with van der Waals surface area (Å²) >= 11 is 4.50. The first-order valence-corrected chi connectivity index (χ1v) is 3.82. The largest absolute Gasteiger partial charge is 0.401 e. The molecule has 0 heterocycles. The molecule has 0 amide bonds. The summed E-state index contributed by atoms with van der Waals surface area (Å²) in [5.74, 6) is 0. The second-order valence-corrected chi connectivity index (χ2v) is 2.29. The predicted molar refractivity (Wildman–Crippen MR) is 38.1 cm³/mol. The number of hydrogen-bond donors (Lipinski definition) is 0. The molecule has 0 aromatic carbocycles. The Morgan fingerprint density at radius 1 is 1.42 bits per heavy atom. The Kier molecular flexibility index (Phi) is 5.61. The zero-order valence-electron chi connectivity index (χ0n) is 6.53. The third kappa shape index (κ3) is 4.79. The molecule has 0 aromatic rings. The lowest BCUT2D eigenvalue weighted by molar-refractivity contribution is -0.260. The lowest BCUT2D eigenvalue weighted by Crippen LogP contribution is -2.30. The Balaban J connectivity index is 3.47. The average molecular weight is 207 g/mol. The highest BCUT2D eigenvalue weighted by Gasteiger charge is 2.40. The fourth-order valence-electron chi connectivity index (χ4n) is 0.444. The first kappa shape index (κ1) is 12.0. The molecular weight excluding hydrogens is 197 g/mol. The van der Waals surface area contributed by atoms with Gasteiger partial charge in [0.1, 0.15) is 0 Å². The zero-order chi connectivity index (χ0) is 9.61. The van der Waals surface area contributed by atoms with E-state index in [0.717, 1.165) is 0 Å². The van der Waals surface area contributed by atoms with Crippen molar-refractivity contribution in [3.63, 3.8) is 0 Å². The van der Waals surface area contributed by atoms with Crippen LogP contribution in [0, 0.1) is 0 Å². The standard InChI is InChI=1S/C6H10ClF3O2/c1-2-11-3-4-12-6(9,10)5(7)8/h5H,2-4H2,1H3. The molecule has 0 aliphatic heterocycles. The fourth-order valence-corrected chi connectivity index (χ4v) is 0.507. The van der Waals surface area contributed by atoms with Crippen molar-refractivity contribution in [3.05, 3.63) is 0 Å². The number of ether oxygens (including phenoxy) is 2. The number of hydrogen-bond acceptors (Lipinski definition) is 2. The van der Waals surface area contributed by atoms with Crippen molar-refractivity contribution in [3.8, 4) is 0 Å². The Labute approximate surface area is 73.6 Å². The van der Waals surface area contributed by atoms with E-state index in [1.54, 1.807) is 6.92 Å². The normalized spacial score (nSPS) is 14.8. The first-order chi connectivity index (χ1) is 5.50. The van der Waals surface area contributed by atoms with Gasteiger partial charge < -0.3 is 9.47 Å². The van der Waals surface area contributed by atoms with Gasteiger partial charge in [0.15, 0.2) is 0 Å². The van der Waals surface area contributed by atoms with Crippen LogP contribution in [0.1, 0.15) is 6.92 Å². The monoisotopic (exact) mass is 206 g/mol. The van der Waals surface area contributed by atoms with Gasteiger partial charge in [-0.3, -0.25) is 0 Å². The highest BCUT2D eigenvalue weighted by atomic mass is 35.5. The van der Waals surface area contributed by atoms with Crippen LogP contribution < -0.4 is 0 Å². The van der Waals surface area contributed by atoms with Crippen LogP contribution in [0.15, 0.2) is 0 Å². The van der Waals surface area contributed by atoms with Crippen molar-refractivity contribution < 1.29 is 22.6 Å². The van der Waals surface area contributed by atoms with Gasteiger partial charge in [0.2, 0.25) is 0 Å². The molecule has 0 rings (SSSR count). The lowest BCUT2D eigenvalue weighted by Gasteiger charge is -2.16. The second-order valence-electron chi connectivity index (χ2n) is 1.91. The molecule has 0 saturated carbocycles.